The Morgan fingerprint density at radius 2 is 1.30 bits per heavy atom. The molecule has 2 heteroatoms. The zero-order valence-electron chi connectivity index (χ0n) is 12.8. The van der Waals surface area contributed by atoms with Crippen LogP contribution in [0.1, 0.15) is 71.1 Å². The summed E-state index contributed by atoms with van der Waals surface area (Å²) in [7, 11) is 0. The van der Waals surface area contributed by atoms with Gasteiger partial charge in [-0.1, -0.05) is 56.2 Å². The van der Waals surface area contributed by atoms with E-state index in [1.165, 1.54) is 25.7 Å². The number of hydrogen-bond acceptors (Lipinski definition) is 1. The smallest absolute Gasteiger partial charge is 0.221 e. The van der Waals surface area contributed by atoms with Crippen molar-refractivity contribution in [2.75, 3.05) is 0 Å². The molecule has 0 amide bonds. The maximum Gasteiger partial charge on any atom is 0.221 e. The van der Waals surface area contributed by atoms with Gasteiger partial charge in [0.2, 0.25) is 5.24 Å². The second-order valence-corrected chi connectivity index (χ2v) is 5.40. The number of carbonyl (C=O) groups excluding carboxylic acids is 1. The predicted octanol–water partition coefficient (Wildman–Crippen LogP) is 6.34. The second-order valence-electron chi connectivity index (χ2n) is 4.98. The summed E-state index contributed by atoms with van der Waals surface area (Å²) >= 11 is 5.26. The van der Waals surface area contributed by atoms with E-state index in [2.05, 4.69) is 43.4 Å². The van der Waals surface area contributed by atoms with Crippen LogP contribution in [0, 0.1) is 0 Å². The number of halogens is 1. The molecular formula is C18H29ClO. The fourth-order valence-electron chi connectivity index (χ4n) is 1.82. The van der Waals surface area contributed by atoms with Gasteiger partial charge in [0, 0.05) is 6.42 Å². The third-order valence-electron chi connectivity index (χ3n) is 3.01. The van der Waals surface area contributed by atoms with Gasteiger partial charge in [-0.15, -0.1) is 0 Å². The highest BCUT2D eigenvalue weighted by Gasteiger charge is 1.93. The molecule has 0 aromatic rings. The van der Waals surface area contributed by atoms with E-state index in [4.69, 9.17) is 11.6 Å². The molecule has 0 unspecified atom stereocenters. The van der Waals surface area contributed by atoms with E-state index in [1.807, 2.05) is 0 Å². The van der Waals surface area contributed by atoms with Crippen LogP contribution in [0.2, 0.25) is 0 Å². The van der Waals surface area contributed by atoms with Crippen molar-refractivity contribution in [2.24, 2.45) is 0 Å². The van der Waals surface area contributed by atoms with Gasteiger partial charge < -0.3 is 0 Å². The first kappa shape index (κ1) is 19.2. The summed E-state index contributed by atoms with van der Waals surface area (Å²) in [6.45, 7) is 2.23. The van der Waals surface area contributed by atoms with Gasteiger partial charge in [-0.3, -0.25) is 4.79 Å². The lowest BCUT2D eigenvalue weighted by Gasteiger charge is -1.92. The van der Waals surface area contributed by atoms with Gasteiger partial charge in [-0.25, -0.2) is 0 Å². The average Bonchev–Trinajstić information content (AvgIpc) is 2.43. The largest absolute Gasteiger partial charge is 0.281 e. The molecule has 0 saturated heterocycles. The summed E-state index contributed by atoms with van der Waals surface area (Å²) in [5, 5.41) is -0.223. The molecule has 20 heavy (non-hydrogen) atoms. The van der Waals surface area contributed by atoms with E-state index in [-0.39, 0.29) is 5.24 Å². The molecule has 114 valence electrons. The van der Waals surface area contributed by atoms with Crippen LogP contribution in [0.25, 0.3) is 0 Å². The van der Waals surface area contributed by atoms with E-state index < -0.39 is 0 Å². The normalized spacial score (nSPS) is 12.1. The van der Waals surface area contributed by atoms with Crippen molar-refractivity contribution in [1.29, 1.82) is 0 Å². The summed E-state index contributed by atoms with van der Waals surface area (Å²) in [5.41, 5.74) is 0. The summed E-state index contributed by atoms with van der Waals surface area (Å²) < 4.78 is 0. The zero-order chi connectivity index (χ0) is 14.9. The van der Waals surface area contributed by atoms with Crippen LogP contribution in [0.4, 0.5) is 0 Å². The Labute approximate surface area is 129 Å². The van der Waals surface area contributed by atoms with Crippen LogP contribution in [0.3, 0.4) is 0 Å². The Morgan fingerprint density at radius 1 is 0.800 bits per heavy atom. The topological polar surface area (TPSA) is 17.1 Å². The van der Waals surface area contributed by atoms with E-state index in [1.54, 1.807) is 0 Å². The molecule has 0 aromatic carbocycles. The first-order valence-electron chi connectivity index (χ1n) is 7.90. The lowest BCUT2D eigenvalue weighted by atomic mass is 10.2. The minimum atomic E-state index is -0.223. The molecule has 0 heterocycles. The lowest BCUT2D eigenvalue weighted by Crippen LogP contribution is -1.84. The first-order valence-corrected chi connectivity index (χ1v) is 8.28. The molecule has 0 aliphatic carbocycles. The van der Waals surface area contributed by atoms with E-state index in [0.717, 1.165) is 32.1 Å². The Kier molecular flexibility index (Phi) is 15.6. The fraction of sp³-hybridized carbons (Fsp3) is 0.611. The Hall–Kier alpha value is -0.820. The van der Waals surface area contributed by atoms with Crippen molar-refractivity contribution >= 4 is 16.8 Å². The average molecular weight is 297 g/mol. The lowest BCUT2D eigenvalue weighted by molar-refractivity contribution is -0.111. The van der Waals surface area contributed by atoms with Crippen LogP contribution in [-0.2, 0) is 4.79 Å². The van der Waals surface area contributed by atoms with Gasteiger partial charge in [0.05, 0.1) is 0 Å². The van der Waals surface area contributed by atoms with Crippen molar-refractivity contribution in [3.05, 3.63) is 36.5 Å². The fourth-order valence-corrected chi connectivity index (χ4v) is 1.95. The SMILES string of the molecule is CCCCC/C=C/C/C=C/C/C=C/CCCCC(=O)Cl. The Bertz CT molecular complexity index is 303. The summed E-state index contributed by atoms with van der Waals surface area (Å²) in [6.07, 6.45) is 24.0. The highest BCUT2D eigenvalue weighted by molar-refractivity contribution is 6.63. The quantitative estimate of drug-likeness (QED) is 0.220. The second kappa shape index (κ2) is 16.2. The predicted molar refractivity (Wildman–Crippen MR) is 90.1 cm³/mol. The highest BCUT2D eigenvalue weighted by atomic mass is 35.5. The molecule has 0 aliphatic heterocycles. The van der Waals surface area contributed by atoms with Crippen LogP contribution in [0.5, 0.6) is 0 Å². The summed E-state index contributed by atoms with van der Waals surface area (Å²) in [5.74, 6) is 0. The molecule has 0 aromatic heterocycles. The van der Waals surface area contributed by atoms with Gasteiger partial charge in [0.1, 0.15) is 0 Å². The minimum Gasteiger partial charge on any atom is -0.281 e. The van der Waals surface area contributed by atoms with Gasteiger partial charge in [0.15, 0.2) is 0 Å². The number of unbranched alkanes of at least 4 members (excludes halogenated alkanes) is 5. The van der Waals surface area contributed by atoms with Crippen LogP contribution >= 0.6 is 11.6 Å². The molecule has 0 radical (unpaired) electrons. The van der Waals surface area contributed by atoms with Gasteiger partial charge in [0.25, 0.3) is 0 Å². The van der Waals surface area contributed by atoms with Crippen molar-refractivity contribution in [2.45, 2.75) is 71.1 Å². The molecule has 0 saturated carbocycles. The van der Waals surface area contributed by atoms with Crippen molar-refractivity contribution < 1.29 is 4.79 Å². The Morgan fingerprint density at radius 3 is 1.80 bits per heavy atom. The number of rotatable bonds is 13. The minimum absolute atomic E-state index is 0.223. The number of carbonyl (C=O) groups is 1. The van der Waals surface area contributed by atoms with E-state index in [0.29, 0.717) is 6.42 Å². The van der Waals surface area contributed by atoms with Gasteiger partial charge in [-0.2, -0.15) is 0 Å². The third kappa shape index (κ3) is 17.2. The molecular weight excluding hydrogens is 268 g/mol. The molecule has 0 atom stereocenters. The van der Waals surface area contributed by atoms with Crippen molar-refractivity contribution in [1.82, 2.24) is 0 Å². The third-order valence-corrected chi connectivity index (χ3v) is 3.20. The van der Waals surface area contributed by atoms with Gasteiger partial charge >= 0.3 is 0 Å². The molecule has 1 nitrogen and oxygen atoms in total. The molecule has 0 aliphatic rings. The maximum absolute atomic E-state index is 10.5. The van der Waals surface area contributed by atoms with Crippen molar-refractivity contribution in [3.63, 3.8) is 0 Å². The molecule has 0 N–H and O–H groups in total. The first-order chi connectivity index (χ1) is 9.77. The van der Waals surface area contributed by atoms with E-state index >= 15 is 0 Å². The molecule has 0 fully saturated rings. The maximum atomic E-state index is 10.5. The summed E-state index contributed by atoms with van der Waals surface area (Å²) in [6, 6.07) is 0. The van der Waals surface area contributed by atoms with E-state index in [9.17, 15) is 4.79 Å². The number of hydrogen-bond donors (Lipinski definition) is 0. The Balaban J connectivity index is 3.32. The standard InChI is InChI=1S/C18H29ClO/c1-2-3-4-5-6-7-8-9-10-11-12-13-14-15-16-17-18(19)20/h6-7,9-10,12-13H,2-5,8,11,14-17H2,1H3/b7-6+,10-9+,13-12+. The van der Waals surface area contributed by atoms with Crippen LogP contribution in [0.15, 0.2) is 36.5 Å². The van der Waals surface area contributed by atoms with Gasteiger partial charge in [-0.05, 0) is 56.5 Å². The number of allylic oxidation sites excluding steroid dienone is 6. The van der Waals surface area contributed by atoms with Crippen LogP contribution in [-0.4, -0.2) is 5.24 Å². The molecule has 0 spiro atoms. The monoisotopic (exact) mass is 296 g/mol. The molecule has 0 rings (SSSR count). The zero-order valence-corrected chi connectivity index (χ0v) is 13.6. The summed E-state index contributed by atoms with van der Waals surface area (Å²) in [4.78, 5) is 10.5. The highest BCUT2D eigenvalue weighted by Crippen LogP contribution is 2.04. The molecule has 0 bridgehead atoms. The van der Waals surface area contributed by atoms with Crippen LogP contribution < -0.4 is 0 Å². The van der Waals surface area contributed by atoms with Crippen molar-refractivity contribution in [3.8, 4) is 0 Å².